The lowest BCUT2D eigenvalue weighted by Gasteiger charge is -2.25. The summed E-state index contributed by atoms with van der Waals surface area (Å²) >= 11 is 0. The zero-order valence-electron chi connectivity index (χ0n) is 16.9. The quantitative estimate of drug-likeness (QED) is 0.640. The van der Waals surface area contributed by atoms with E-state index in [1.54, 1.807) is 23.8 Å². The van der Waals surface area contributed by atoms with Gasteiger partial charge in [-0.05, 0) is 53.6 Å². The van der Waals surface area contributed by atoms with Gasteiger partial charge in [-0.1, -0.05) is 24.3 Å². The number of ether oxygens (including phenoxy) is 2. The number of tetrazole rings is 1. The van der Waals surface area contributed by atoms with Crippen molar-refractivity contribution >= 4 is 5.91 Å². The fraction of sp³-hybridized carbons (Fsp3) is 0.333. The van der Waals surface area contributed by atoms with Crippen LogP contribution in [0.4, 0.5) is 0 Å². The lowest BCUT2D eigenvalue weighted by atomic mass is 10.0. The molecule has 3 aromatic rings. The number of fused-ring (bicyclic) bond motifs is 1. The van der Waals surface area contributed by atoms with Crippen LogP contribution >= 0.6 is 0 Å². The van der Waals surface area contributed by atoms with E-state index in [0.717, 1.165) is 11.1 Å². The summed E-state index contributed by atoms with van der Waals surface area (Å²) in [6, 6.07) is 13.0. The highest BCUT2D eigenvalue weighted by Gasteiger charge is 2.40. The van der Waals surface area contributed by atoms with Crippen molar-refractivity contribution in [3.8, 4) is 11.5 Å². The summed E-state index contributed by atoms with van der Waals surface area (Å²) in [5.74, 6) is 1.88. The van der Waals surface area contributed by atoms with Crippen molar-refractivity contribution in [1.82, 2.24) is 25.1 Å². The Hall–Kier alpha value is -3.42. The van der Waals surface area contributed by atoms with Crippen molar-refractivity contribution in [1.29, 1.82) is 0 Å². The summed E-state index contributed by atoms with van der Waals surface area (Å²) in [6.07, 6.45) is 0. The molecule has 0 bridgehead atoms. The average molecular weight is 393 g/mol. The number of rotatable bonds is 6. The van der Waals surface area contributed by atoms with E-state index in [2.05, 4.69) is 15.5 Å². The minimum absolute atomic E-state index is 0.0429. The molecule has 0 radical (unpaired) electrons. The Balaban J connectivity index is 1.77. The standard InChI is InChI=1S/C21H23N5O3/c1-13(2)26-20(22-23-24-26)19-15-7-5-6-8-16(15)21(27)25(19)12-14-9-10-17(28-3)18(11-14)29-4/h5-11,13,19H,12H2,1-4H3. The number of hydrogen-bond donors (Lipinski definition) is 0. The maximum Gasteiger partial charge on any atom is 0.255 e. The van der Waals surface area contributed by atoms with Crippen LogP contribution in [-0.4, -0.2) is 45.2 Å². The number of hydrogen-bond acceptors (Lipinski definition) is 6. The molecule has 1 aliphatic rings. The van der Waals surface area contributed by atoms with Gasteiger partial charge in [0.15, 0.2) is 17.3 Å². The third kappa shape index (κ3) is 3.20. The summed E-state index contributed by atoms with van der Waals surface area (Å²) in [6.45, 7) is 4.42. The number of aromatic nitrogens is 4. The van der Waals surface area contributed by atoms with Crippen molar-refractivity contribution in [3.63, 3.8) is 0 Å². The fourth-order valence-corrected chi connectivity index (χ4v) is 3.74. The van der Waals surface area contributed by atoms with E-state index < -0.39 is 0 Å². The van der Waals surface area contributed by atoms with Crippen LogP contribution in [0.5, 0.6) is 11.5 Å². The van der Waals surface area contributed by atoms with Crippen molar-refractivity contribution in [2.45, 2.75) is 32.5 Å². The second-order valence-electron chi connectivity index (χ2n) is 7.19. The normalized spacial score (nSPS) is 15.7. The second kappa shape index (κ2) is 7.54. The minimum Gasteiger partial charge on any atom is -0.493 e. The number of carbonyl (C=O) groups is 1. The Bertz CT molecular complexity index is 1050. The van der Waals surface area contributed by atoms with E-state index in [1.807, 2.05) is 56.3 Å². The second-order valence-corrected chi connectivity index (χ2v) is 7.19. The summed E-state index contributed by atoms with van der Waals surface area (Å²) in [4.78, 5) is 15.1. The number of carbonyl (C=O) groups excluding carboxylic acids is 1. The molecule has 8 nitrogen and oxygen atoms in total. The summed E-state index contributed by atoms with van der Waals surface area (Å²) in [7, 11) is 3.19. The average Bonchev–Trinajstić information content (AvgIpc) is 3.31. The lowest BCUT2D eigenvalue weighted by Crippen LogP contribution is -2.30. The fourth-order valence-electron chi connectivity index (χ4n) is 3.74. The van der Waals surface area contributed by atoms with Gasteiger partial charge >= 0.3 is 0 Å². The van der Waals surface area contributed by atoms with Crippen LogP contribution in [0.15, 0.2) is 42.5 Å². The third-order valence-corrected chi connectivity index (χ3v) is 5.11. The first-order valence-electron chi connectivity index (χ1n) is 9.43. The Morgan fingerprint density at radius 1 is 1.07 bits per heavy atom. The number of amides is 1. The molecule has 2 heterocycles. The summed E-state index contributed by atoms with van der Waals surface area (Å²) < 4.78 is 12.5. The first-order valence-corrected chi connectivity index (χ1v) is 9.43. The molecule has 150 valence electrons. The Morgan fingerprint density at radius 2 is 1.83 bits per heavy atom. The van der Waals surface area contributed by atoms with Crippen LogP contribution in [0.1, 0.15) is 53.2 Å². The largest absolute Gasteiger partial charge is 0.493 e. The van der Waals surface area contributed by atoms with E-state index in [4.69, 9.17) is 9.47 Å². The van der Waals surface area contributed by atoms with Gasteiger partial charge in [0.1, 0.15) is 6.04 Å². The van der Waals surface area contributed by atoms with Gasteiger partial charge in [0.25, 0.3) is 5.91 Å². The van der Waals surface area contributed by atoms with Crippen molar-refractivity contribution < 1.29 is 14.3 Å². The van der Waals surface area contributed by atoms with Crippen LogP contribution in [-0.2, 0) is 6.54 Å². The van der Waals surface area contributed by atoms with E-state index >= 15 is 0 Å². The topological polar surface area (TPSA) is 82.4 Å². The van der Waals surface area contributed by atoms with Gasteiger partial charge in [-0.15, -0.1) is 5.10 Å². The molecule has 1 amide bonds. The van der Waals surface area contributed by atoms with Gasteiger partial charge in [-0.2, -0.15) is 0 Å². The van der Waals surface area contributed by atoms with Crippen molar-refractivity contribution in [2.75, 3.05) is 14.2 Å². The molecule has 4 rings (SSSR count). The maximum absolute atomic E-state index is 13.3. The lowest BCUT2D eigenvalue weighted by molar-refractivity contribution is 0.0726. The molecule has 0 saturated heterocycles. The molecule has 2 aromatic carbocycles. The highest BCUT2D eigenvalue weighted by molar-refractivity contribution is 5.99. The predicted octanol–water partition coefficient (Wildman–Crippen LogP) is 3.02. The summed E-state index contributed by atoms with van der Waals surface area (Å²) in [5.41, 5.74) is 2.52. The molecule has 1 aliphatic heterocycles. The summed E-state index contributed by atoms with van der Waals surface area (Å²) in [5, 5.41) is 12.3. The first-order chi connectivity index (χ1) is 14.0. The number of benzene rings is 2. The molecule has 1 aromatic heterocycles. The molecule has 1 unspecified atom stereocenters. The molecule has 0 aliphatic carbocycles. The van der Waals surface area contributed by atoms with Crippen LogP contribution in [0.25, 0.3) is 0 Å². The molecular weight excluding hydrogens is 370 g/mol. The highest BCUT2D eigenvalue weighted by atomic mass is 16.5. The Labute approximate surface area is 169 Å². The maximum atomic E-state index is 13.3. The minimum atomic E-state index is -0.357. The van der Waals surface area contributed by atoms with Gasteiger partial charge < -0.3 is 14.4 Å². The van der Waals surface area contributed by atoms with Crippen LogP contribution < -0.4 is 9.47 Å². The van der Waals surface area contributed by atoms with E-state index in [0.29, 0.717) is 29.4 Å². The number of methoxy groups -OCH3 is 2. The van der Waals surface area contributed by atoms with E-state index in [1.165, 1.54) is 0 Å². The third-order valence-electron chi connectivity index (χ3n) is 5.11. The Morgan fingerprint density at radius 3 is 2.55 bits per heavy atom. The SMILES string of the molecule is COc1ccc(CN2C(=O)c3ccccc3C2c2nnnn2C(C)C)cc1OC. The van der Waals surface area contributed by atoms with Gasteiger partial charge in [0, 0.05) is 12.1 Å². The van der Waals surface area contributed by atoms with Gasteiger partial charge in [-0.25, -0.2) is 4.68 Å². The van der Waals surface area contributed by atoms with Crippen molar-refractivity contribution in [3.05, 3.63) is 65.0 Å². The highest BCUT2D eigenvalue weighted by Crippen LogP contribution is 2.39. The van der Waals surface area contributed by atoms with E-state index in [9.17, 15) is 4.79 Å². The van der Waals surface area contributed by atoms with Crippen molar-refractivity contribution in [2.24, 2.45) is 0 Å². The molecule has 0 fully saturated rings. The van der Waals surface area contributed by atoms with Gasteiger partial charge in [-0.3, -0.25) is 4.79 Å². The molecule has 8 heteroatoms. The molecule has 0 N–H and O–H groups in total. The zero-order chi connectivity index (χ0) is 20.5. The molecule has 29 heavy (non-hydrogen) atoms. The zero-order valence-corrected chi connectivity index (χ0v) is 16.9. The predicted molar refractivity (Wildman–Crippen MR) is 106 cm³/mol. The van der Waals surface area contributed by atoms with Crippen LogP contribution in [0.3, 0.4) is 0 Å². The smallest absolute Gasteiger partial charge is 0.255 e. The number of nitrogens with zero attached hydrogens (tertiary/aromatic N) is 5. The van der Waals surface area contributed by atoms with Gasteiger partial charge in [0.05, 0.1) is 20.3 Å². The van der Waals surface area contributed by atoms with Gasteiger partial charge in [0.2, 0.25) is 0 Å². The molecular formula is C21H23N5O3. The van der Waals surface area contributed by atoms with E-state index in [-0.39, 0.29) is 18.0 Å². The first kappa shape index (κ1) is 18.9. The monoisotopic (exact) mass is 393 g/mol. The molecule has 0 spiro atoms. The van der Waals surface area contributed by atoms with Crippen LogP contribution in [0, 0.1) is 0 Å². The molecule has 0 saturated carbocycles. The molecule has 1 atom stereocenters. The Kier molecular flexibility index (Phi) is 4.92. The van der Waals surface area contributed by atoms with Crippen LogP contribution in [0.2, 0.25) is 0 Å².